The minimum Gasteiger partial charge on any atom is -0.327 e. The average Bonchev–Trinajstić information content (AvgIpc) is 3.08. The molecule has 2 aromatic carbocycles. The van der Waals surface area contributed by atoms with Gasteiger partial charge in [-0.3, -0.25) is 4.79 Å². The molecule has 144 valence electrons. The van der Waals surface area contributed by atoms with Crippen molar-refractivity contribution < 1.29 is 13.6 Å². The third-order valence-corrected chi connectivity index (χ3v) is 5.59. The van der Waals surface area contributed by atoms with Gasteiger partial charge in [0.15, 0.2) is 11.6 Å². The van der Waals surface area contributed by atoms with Gasteiger partial charge in [0.2, 0.25) is 0 Å². The minimum absolute atomic E-state index is 0.119. The first-order valence-electron chi connectivity index (χ1n) is 8.49. The summed E-state index contributed by atoms with van der Waals surface area (Å²) < 4.78 is 29.0. The molecule has 0 fully saturated rings. The number of carbonyl (C=O) groups excluding carboxylic acids is 1. The summed E-state index contributed by atoms with van der Waals surface area (Å²) in [5, 5.41) is 7.92. The molecule has 1 unspecified atom stereocenters. The van der Waals surface area contributed by atoms with Crippen molar-refractivity contribution in [3.05, 3.63) is 69.5 Å². The fraction of sp³-hybridized carbons (Fsp3) is 0.211. The van der Waals surface area contributed by atoms with E-state index in [0.29, 0.717) is 23.8 Å². The number of fused-ring (bicyclic) bond motifs is 1. The Morgan fingerprint density at radius 2 is 1.93 bits per heavy atom. The predicted octanol–water partition coefficient (Wildman–Crippen LogP) is 4.57. The fourth-order valence-electron chi connectivity index (χ4n) is 3.27. The molecule has 0 radical (unpaired) electrons. The molecule has 4 rings (SSSR count). The maximum Gasteiger partial charge on any atom is 0.256 e. The zero-order valence-corrected chi connectivity index (χ0v) is 16.2. The number of hydrogen-bond donors (Lipinski definition) is 0. The number of hydrogen-bond acceptors (Lipinski definition) is 3. The van der Waals surface area contributed by atoms with Crippen LogP contribution < -0.4 is 0 Å². The van der Waals surface area contributed by atoms with Crippen molar-refractivity contribution in [1.29, 1.82) is 0 Å². The highest BCUT2D eigenvalue weighted by atomic mass is 35.5. The molecular weight excluding hydrogens is 409 g/mol. The Morgan fingerprint density at radius 3 is 2.68 bits per heavy atom. The maximum atomic E-state index is 13.6. The van der Waals surface area contributed by atoms with Crippen molar-refractivity contribution in [2.45, 2.75) is 26.1 Å². The number of amides is 1. The first-order valence-corrected chi connectivity index (χ1v) is 9.25. The molecule has 1 amide bonds. The number of carbonyl (C=O) groups is 1. The lowest BCUT2D eigenvalue weighted by atomic mass is 10.1. The van der Waals surface area contributed by atoms with Crippen LogP contribution in [0.5, 0.6) is 0 Å². The quantitative estimate of drug-likeness (QED) is 0.568. The number of benzene rings is 2. The number of halogens is 4. The van der Waals surface area contributed by atoms with Gasteiger partial charge < -0.3 is 9.47 Å². The van der Waals surface area contributed by atoms with Crippen LogP contribution >= 0.6 is 23.2 Å². The molecule has 1 aliphatic rings. The molecule has 9 heteroatoms. The summed E-state index contributed by atoms with van der Waals surface area (Å²) in [7, 11) is 0. The lowest BCUT2D eigenvalue weighted by Gasteiger charge is -2.34. The molecule has 0 saturated heterocycles. The molecule has 28 heavy (non-hydrogen) atoms. The van der Waals surface area contributed by atoms with Crippen molar-refractivity contribution >= 4 is 29.1 Å². The van der Waals surface area contributed by atoms with Crippen molar-refractivity contribution in [3.8, 4) is 11.4 Å². The van der Waals surface area contributed by atoms with Gasteiger partial charge in [-0.1, -0.05) is 35.3 Å². The van der Waals surface area contributed by atoms with E-state index >= 15 is 0 Å². The highest BCUT2D eigenvalue weighted by Gasteiger charge is 2.32. The molecule has 0 aliphatic carbocycles. The molecule has 1 atom stereocenters. The molecule has 0 saturated carbocycles. The summed E-state index contributed by atoms with van der Waals surface area (Å²) >= 11 is 11.9. The molecule has 0 spiro atoms. The monoisotopic (exact) mass is 422 g/mol. The second kappa shape index (κ2) is 7.14. The Labute approximate surface area is 169 Å². The van der Waals surface area contributed by atoms with Gasteiger partial charge in [0.1, 0.15) is 11.6 Å². The third kappa shape index (κ3) is 3.14. The minimum atomic E-state index is -0.686. The molecule has 5 nitrogen and oxygen atoms in total. The van der Waals surface area contributed by atoms with Crippen molar-refractivity contribution in [2.75, 3.05) is 0 Å². The van der Waals surface area contributed by atoms with Gasteiger partial charge in [-0.25, -0.2) is 8.78 Å². The van der Waals surface area contributed by atoms with Gasteiger partial charge >= 0.3 is 0 Å². The van der Waals surface area contributed by atoms with Crippen LogP contribution in [0.15, 0.2) is 36.4 Å². The smallest absolute Gasteiger partial charge is 0.256 e. The zero-order chi connectivity index (χ0) is 20.0. The van der Waals surface area contributed by atoms with E-state index in [-0.39, 0.29) is 39.9 Å². The lowest BCUT2D eigenvalue weighted by Crippen LogP contribution is -2.45. The molecule has 0 bridgehead atoms. The van der Waals surface area contributed by atoms with Gasteiger partial charge in [0.05, 0.1) is 22.2 Å². The van der Waals surface area contributed by atoms with Crippen LogP contribution in [-0.2, 0) is 13.1 Å². The first kappa shape index (κ1) is 18.8. The van der Waals surface area contributed by atoms with Crippen LogP contribution in [0.25, 0.3) is 11.4 Å². The molecule has 0 N–H and O–H groups in total. The third-order valence-electron chi connectivity index (χ3n) is 4.73. The Bertz CT molecular complexity index is 1090. The van der Waals surface area contributed by atoms with Gasteiger partial charge in [-0.05, 0) is 31.2 Å². The maximum absolute atomic E-state index is 13.6. The first-order chi connectivity index (χ1) is 13.4. The molecular formula is C19H14Cl2F2N4O. The normalized spacial score (nSPS) is 16.2. The van der Waals surface area contributed by atoms with Crippen LogP contribution in [0.3, 0.4) is 0 Å². The van der Waals surface area contributed by atoms with Crippen LogP contribution in [0.4, 0.5) is 8.78 Å². The van der Waals surface area contributed by atoms with Crippen LogP contribution in [-0.4, -0.2) is 31.6 Å². The number of nitrogens with zero attached hydrogens (tertiary/aromatic N) is 4. The average molecular weight is 423 g/mol. The summed E-state index contributed by atoms with van der Waals surface area (Å²) in [6.07, 6.45) is 0. The highest BCUT2D eigenvalue weighted by Crippen LogP contribution is 2.31. The van der Waals surface area contributed by atoms with E-state index in [0.717, 1.165) is 6.07 Å². The molecule has 3 aromatic rings. The molecule has 2 heterocycles. The molecule has 1 aliphatic heterocycles. The van der Waals surface area contributed by atoms with E-state index in [2.05, 4.69) is 10.2 Å². The van der Waals surface area contributed by atoms with Crippen molar-refractivity contribution in [1.82, 2.24) is 19.7 Å². The second-order valence-corrected chi connectivity index (χ2v) is 7.32. The van der Waals surface area contributed by atoms with Gasteiger partial charge in [-0.2, -0.15) is 0 Å². The van der Waals surface area contributed by atoms with Crippen LogP contribution in [0.1, 0.15) is 23.1 Å². The fourth-order valence-corrected chi connectivity index (χ4v) is 3.67. The van der Waals surface area contributed by atoms with E-state index < -0.39 is 5.82 Å². The number of aromatic nitrogens is 3. The standard InChI is InChI=1S/C19H14Cl2F2N4O/c1-10-8-27-15(24-25-18(27)11-3-2-4-12(22)7-11)9-26(10)19(28)13-5-6-14(23)17(21)16(13)20/h2-7,10H,8-9H2,1H3. The van der Waals surface area contributed by atoms with Gasteiger partial charge in [0, 0.05) is 18.2 Å². The Balaban J connectivity index is 1.66. The van der Waals surface area contributed by atoms with E-state index in [1.54, 1.807) is 17.0 Å². The van der Waals surface area contributed by atoms with Gasteiger partial charge in [0.25, 0.3) is 5.91 Å². The van der Waals surface area contributed by atoms with E-state index in [1.165, 1.54) is 18.2 Å². The van der Waals surface area contributed by atoms with E-state index in [4.69, 9.17) is 23.2 Å². The molecule has 1 aromatic heterocycles. The summed E-state index contributed by atoms with van der Waals surface area (Å²) in [4.78, 5) is 14.6. The highest BCUT2D eigenvalue weighted by molar-refractivity contribution is 6.43. The van der Waals surface area contributed by atoms with Crippen molar-refractivity contribution in [2.24, 2.45) is 0 Å². The Hall–Kier alpha value is -2.51. The Kier molecular flexibility index (Phi) is 4.81. The lowest BCUT2D eigenvalue weighted by molar-refractivity contribution is 0.0612. The van der Waals surface area contributed by atoms with E-state index in [1.807, 2.05) is 11.5 Å². The Morgan fingerprint density at radius 1 is 1.14 bits per heavy atom. The zero-order valence-electron chi connectivity index (χ0n) is 14.7. The van der Waals surface area contributed by atoms with Gasteiger partial charge in [-0.15, -0.1) is 10.2 Å². The predicted molar refractivity (Wildman–Crippen MR) is 101 cm³/mol. The topological polar surface area (TPSA) is 51.0 Å². The number of rotatable bonds is 2. The summed E-state index contributed by atoms with van der Waals surface area (Å²) in [6.45, 7) is 2.48. The largest absolute Gasteiger partial charge is 0.327 e. The van der Waals surface area contributed by atoms with E-state index in [9.17, 15) is 13.6 Å². The van der Waals surface area contributed by atoms with Crippen molar-refractivity contribution in [3.63, 3.8) is 0 Å². The van der Waals surface area contributed by atoms with Crippen LogP contribution in [0, 0.1) is 11.6 Å². The summed E-state index contributed by atoms with van der Waals surface area (Å²) in [5.74, 6) is -0.319. The SMILES string of the molecule is CC1Cn2c(nnc2-c2cccc(F)c2)CN1C(=O)c1ccc(F)c(Cl)c1Cl. The summed E-state index contributed by atoms with van der Waals surface area (Å²) in [6, 6.07) is 8.31. The van der Waals surface area contributed by atoms with Crippen LogP contribution in [0.2, 0.25) is 10.0 Å². The summed E-state index contributed by atoms with van der Waals surface area (Å²) in [5.41, 5.74) is 0.734. The second-order valence-electron chi connectivity index (χ2n) is 6.57.